The predicted molar refractivity (Wildman–Crippen MR) is 221 cm³/mol. The first-order chi connectivity index (χ1) is 28.2. The highest BCUT2D eigenvalue weighted by Crippen LogP contribution is 2.42. The molecule has 1 aromatic heterocycles. The largest absolute Gasteiger partial charge is 0.493 e. The Kier molecular flexibility index (Phi) is 13.1. The van der Waals surface area contributed by atoms with Gasteiger partial charge in [0.15, 0.2) is 23.0 Å². The molecule has 6 rings (SSSR count). The lowest BCUT2D eigenvalue weighted by Crippen LogP contribution is -2.70. The maximum Gasteiger partial charge on any atom is 0.252 e. The first-order valence-electron chi connectivity index (χ1n) is 19.6. The minimum absolute atomic E-state index is 0.00223. The molecule has 2 fully saturated rings. The van der Waals surface area contributed by atoms with E-state index in [0.717, 1.165) is 28.7 Å². The molecule has 4 aromatic rings. The van der Waals surface area contributed by atoms with Gasteiger partial charge in [-0.3, -0.25) is 24.5 Å². The van der Waals surface area contributed by atoms with Crippen LogP contribution in [0.2, 0.25) is 0 Å². The Morgan fingerprint density at radius 1 is 0.881 bits per heavy atom. The van der Waals surface area contributed by atoms with Crippen LogP contribution in [0.1, 0.15) is 89.1 Å². The van der Waals surface area contributed by atoms with Crippen LogP contribution in [0.4, 0.5) is 15.2 Å². The number of nitrogens with one attached hydrogen (secondary N) is 2. The van der Waals surface area contributed by atoms with E-state index in [1.54, 1.807) is 25.3 Å². The van der Waals surface area contributed by atoms with Crippen molar-refractivity contribution in [1.82, 2.24) is 19.2 Å². The Labute approximate surface area is 347 Å². The maximum absolute atomic E-state index is 15.0. The zero-order valence-electron chi connectivity index (χ0n) is 34.5. The van der Waals surface area contributed by atoms with Gasteiger partial charge in [-0.2, -0.15) is 4.37 Å². The quantitative estimate of drug-likeness (QED) is 0.124. The van der Waals surface area contributed by atoms with Crippen molar-refractivity contribution in [2.45, 2.75) is 89.8 Å². The summed E-state index contributed by atoms with van der Waals surface area (Å²) in [4.78, 5) is 66.1. The molecule has 4 atom stereocenters. The Bertz CT molecular complexity index is 2200. The molecule has 0 spiro atoms. The van der Waals surface area contributed by atoms with Crippen molar-refractivity contribution in [3.05, 3.63) is 83.4 Å². The van der Waals surface area contributed by atoms with Gasteiger partial charge in [-0.25, -0.2) is 9.37 Å². The summed E-state index contributed by atoms with van der Waals surface area (Å²) in [7, 11) is 3.08. The molecule has 59 heavy (non-hydrogen) atoms. The molecule has 16 heteroatoms. The van der Waals surface area contributed by atoms with Crippen molar-refractivity contribution in [2.24, 2.45) is 0 Å². The third-order valence-electron chi connectivity index (χ3n) is 10.6. The van der Waals surface area contributed by atoms with Gasteiger partial charge in [-0.1, -0.05) is 32.0 Å². The van der Waals surface area contributed by atoms with Crippen LogP contribution in [0.25, 0.3) is 0 Å². The standard InChI is InChI=1S/C43H51FN6O8S/c1-9-57-34-17-26(13-15-32(34)55-7)29-20-37(52)50(23-29)43(6,41(54)45-31-12-10-11-30(44)21-31)38(40(53)47-42-46-39(24(2)3)48-59-42)49-22-28(19-36(49)51)27-14-16-33(56-8)35(18-27)58-25(4)5/h10-18,21,24-25,28-29,38H,9,19-20,22-23H2,1-8H3,(H,45,54)(H,46,47,48,53). The third-order valence-corrected chi connectivity index (χ3v) is 11.3. The number of carbonyl (C=O) groups excluding carboxylic acids is 4. The maximum atomic E-state index is 15.0. The number of rotatable bonds is 16. The van der Waals surface area contributed by atoms with E-state index in [1.165, 1.54) is 42.0 Å². The summed E-state index contributed by atoms with van der Waals surface area (Å²) >= 11 is 0.969. The minimum Gasteiger partial charge on any atom is -0.493 e. The molecule has 0 aliphatic carbocycles. The molecular formula is C43H51FN6O8S. The van der Waals surface area contributed by atoms with Crippen LogP contribution in [-0.4, -0.2) is 94.4 Å². The Morgan fingerprint density at radius 2 is 1.53 bits per heavy atom. The van der Waals surface area contributed by atoms with E-state index in [1.807, 2.05) is 52.8 Å². The van der Waals surface area contributed by atoms with Crippen molar-refractivity contribution in [1.29, 1.82) is 0 Å². The second kappa shape index (κ2) is 18.0. The van der Waals surface area contributed by atoms with Crippen LogP contribution >= 0.6 is 11.5 Å². The molecule has 4 amide bonds. The Hall–Kier alpha value is -5.77. The number of benzene rings is 3. The van der Waals surface area contributed by atoms with Crippen LogP contribution in [0.15, 0.2) is 60.7 Å². The van der Waals surface area contributed by atoms with E-state index in [9.17, 15) is 18.8 Å². The van der Waals surface area contributed by atoms with Crippen molar-refractivity contribution in [2.75, 3.05) is 44.5 Å². The van der Waals surface area contributed by atoms with E-state index in [2.05, 4.69) is 20.0 Å². The number of likely N-dealkylation sites (tertiary alicyclic amines) is 2. The van der Waals surface area contributed by atoms with Crippen molar-refractivity contribution in [3.8, 4) is 23.0 Å². The molecule has 2 aliphatic rings. The average Bonchev–Trinajstić information content (AvgIpc) is 3.93. The van der Waals surface area contributed by atoms with Gasteiger partial charge in [0.25, 0.3) is 11.8 Å². The molecule has 0 bridgehead atoms. The molecular weight excluding hydrogens is 780 g/mol. The normalized spacial score (nSPS) is 18.2. The van der Waals surface area contributed by atoms with Gasteiger partial charge in [0, 0.05) is 60.9 Å². The molecule has 2 saturated heterocycles. The summed E-state index contributed by atoms with van der Waals surface area (Å²) in [5.41, 5.74) is -0.438. The van der Waals surface area contributed by atoms with E-state index in [4.69, 9.17) is 18.9 Å². The van der Waals surface area contributed by atoms with Crippen molar-refractivity contribution < 1.29 is 42.5 Å². The van der Waals surface area contributed by atoms with Crippen molar-refractivity contribution >= 4 is 46.0 Å². The zero-order chi connectivity index (χ0) is 42.6. The Balaban J connectivity index is 1.45. The predicted octanol–water partition coefficient (Wildman–Crippen LogP) is 6.74. The molecule has 2 aliphatic heterocycles. The number of anilines is 2. The molecule has 4 unspecified atom stereocenters. The Morgan fingerprint density at radius 3 is 2.14 bits per heavy atom. The van der Waals surface area contributed by atoms with Gasteiger partial charge in [0.1, 0.15) is 23.2 Å². The fourth-order valence-corrected chi connectivity index (χ4v) is 8.42. The number of methoxy groups -OCH3 is 2. The highest BCUT2D eigenvalue weighted by Gasteiger charge is 2.58. The number of amides is 4. The van der Waals surface area contributed by atoms with Gasteiger partial charge in [0.05, 0.1) is 26.9 Å². The summed E-state index contributed by atoms with van der Waals surface area (Å²) in [6.07, 6.45) is -0.171. The lowest BCUT2D eigenvalue weighted by atomic mass is 9.86. The van der Waals surface area contributed by atoms with Gasteiger partial charge >= 0.3 is 0 Å². The SMILES string of the molecule is CCOc1cc(C2CC(=O)N(C(C)(C(=O)Nc3cccc(F)c3)C(C(=O)Nc3nc(C(C)C)ns3)N3CC(c4ccc(OC)c(OC(C)C)c4)CC3=O)C2)ccc1OC. The number of hydrogen-bond acceptors (Lipinski definition) is 11. The van der Waals surface area contributed by atoms with Gasteiger partial charge < -0.3 is 34.1 Å². The fraction of sp³-hybridized carbons (Fsp3) is 0.442. The monoisotopic (exact) mass is 830 g/mol. The summed E-state index contributed by atoms with van der Waals surface area (Å²) in [6.45, 7) is 11.4. The third kappa shape index (κ3) is 9.12. The van der Waals surface area contributed by atoms with E-state index in [-0.39, 0.29) is 48.8 Å². The second-order valence-electron chi connectivity index (χ2n) is 15.4. The lowest BCUT2D eigenvalue weighted by molar-refractivity contribution is -0.153. The number of hydrogen-bond donors (Lipinski definition) is 2. The highest BCUT2D eigenvalue weighted by molar-refractivity contribution is 7.09. The first kappa shape index (κ1) is 42.8. The summed E-state index contributed by atoms with van der Waals surface area (Å²) in [5, 5.41) is 5.77. The molecule has 0 radical (unpaired) electrons. The zero-order valence-corrected chi connectivity index (χ0v) is 35.4. The summed E-state index contributed by atoms with van der Waals surface area (Å²) in [6, 6.07) is 14.5. The number of aromatic nitrogens is 2. The van der Waals surface area contributed by atoms with Crippen molar-refractivity contribution in [3.63, 3.8) is 0 Å². The molecule has 2 N–H and O–H groups in total. The van der Waals surface area contributed by atoms with Crippen LogP contribution in [0.3, 0.4) is 0 Å². The topological polar surface area (TPSA) is 162 Å². The summed E-state index contributed by atoms with van der Waals surface area (Å²) in [5.74, 6) is -1.35. The van der Waals surface area contributed by atoms with E-state index >= 15 is 4.79 Å². The molecule has 0 saturated carbocycles. The van der Waals surface area contributed by atoms with E-state index < -0.39 is 52.9 Å². The molecule has 3 aromatic carbocycles. The molecule has 14 nitrogen and oxygen atoms in total. The smallest absolute Gasteiger partial charge is 0.252 e. The molecule has 314 valence electrons. The molecule has 3 heterocycles. The van der Waals surface area contributed by atoms with Crippen LogP contribution in [-0.2, 0) is 19.2 Å². The lowest BCUT2D eigenvalue weighted by Gasteiger charge is -2.45. The van der Waals surface area contributed by atoms with E-state index in [0.29, 0.717) is 35.4 Å². The highest BCUT2D eigenvalue weighted by atomic mass is 32.1. The van der Waals surface area contributed by atoms with Gasteiger partial charge in [-0.05, 0) is 81.3 Å². The van der Waals surface area contributed by atoms with Gasteiger partial charge in [-0.15, -0.1) is 0 Å². The second-order valence-corrected chi connectivity index (χ2v) is 16.1. The van der Waals surface area contributed by atoms with Crippen LogP contribution < -0.4 is 29.6 Å². The van der Waals surface area contributed by atoms with Gasteiger partial charge in [0.2, 0.25) is 16.9 Å². The fourth-order valence-electron chi connectivity index (χ4n) is 7.71. The van der Waals surface area contributed by atoms with Crippen LogP contribution in [0.5, 0.6) is 23.0 Å². The number of nitrogens with zero attached hydrogens (tertiary/aromatic N) is 4. The first-order valence-corrected chi connectivity index (χ1v) is 20.4. The summed E-state index contributed by atoms with van der Waals surface area (Å²) < 4.78 is 41.8. The van der Waals surface area contributed by atoms with Crippen LogP contribution in [0, 0.1) is 5.82 Å². The minimum atomic E-state index is -2.06. The number of carbonyl (C=O) groups is 4. The number of halogens is 1. The number of ether oxygens (including phenoxy) is 4. The average molecular weight is 831 g/mol.